The van der Waals surface area contributed by atoms with Crippen LogP contribution in [0, 0.1) is 6.92 Å². The molecule has 0 aliphatic carbocycles. The van der Waals surface area contributed by atoms with E-state index < -0.39 is 10.0 Å². The monoisotopic (exact) mass is 345 g/mol. The third-order valence-corrected chi connectivity index (χ3v) is 5.11. The van der Waals surface area contributed by atoms with Gasteiger partial charge in [0.15, 0.2) is 0 Å². The van der Waals surface area contributed by atoms with Crippen molar-refractivity contribution in [3.05, 3.63) is 60.2 Å². The molecule has 0 atom stereocenters. The van der Waals surface area contributed by atoms with Crippen molar-refractivity contribution in [1.82, 2.24) is 19.6 Å². The number of nitrogens with zero attached hydrogens (tertiary/aromatic N) is 4. The lowest BCUT2D eigenvalue weighted by molar-refractivity contribution is 0.600. The van der Waals surface area contributed by atoms with Gasteiger partial charge in [-0.05, 0) is 37.6 Å². The van der Waals surface area contributed by atoms with Crippen molar-refractivity contribution in [2.75, 3.05) is 4.72 Å². The van der Waals surface area contributed by atoms with Crippen molar-refractivity contribution in [3.63, 3.8) is 0 Å². The molecule has 3 aromatic rings. The van der Waals surface area contributed by atoms with E-state index in [2.05, 4.69) is 14.9 Å². The van der Waals surface area contributed by atoms with Gasteiger partial charge in [-0.15, -0.1) is 0 Å². The van der Waals surface area contributed by atoms with Crippen molar-refractivity contribution in [1.29, 1.82) is 0 Å². The lowest BCUT2D eigenvalue weighted by Crippen LogP contribution is -2.13. The van der Waals surface area contributed by atoms with Crippen molar-refractivity contribution >= 4 is 15.7 Å². The number of aromatic nitrogens is 4. The van der Waals surface area contributed by atoms with Crippen LogP contribution in [0.4, 0.5) is 5.69 Å². The molecule has 0 fully saturated rings. The Morgan fingerprint density at radius 2 is 1.92 bits per heavy atom. The smallest absolute Gasteiger partial charge is 0.265 e. The van der Waals surface area contributed by atoms with E-state index in [1.165, 1.54) is 0 Å². The van der Waals surface area contributed by atoms with Crippen molar-refractivity contribution in [3.8, 4) is 0 Å². The molecule has 0 aliphatic rings. The van der Waals surface area contributed by atoms with E-state index in [1.807, 2.05) is 36.0 Å². The maximum absolute atomic E-state index is 12.5. The second-order valence-electron chi connectivity index (χ2n) is 5.44. The molecule has 126 valence electrons. The molecule has 0 saturated heterocycles. The van der Waals surface area contributed by atoms with E-state index in [1.54, 1.807) is 36.1 Å². The number of sulfonamides is 1. The predicted octanol–water partition coefficient (Wildman–Crippen LogP) is 2.26. The number of hydrogen-bond acceptors (Lipinski definition) is 4. The highest BCUT2D eigenvalue weighted by Crippen LogP contribution is 2.19. The standard InChI is InChI=1S/C16H19N5O2S/c1-3-20-12-16(13(2)18-20)24(22,23)19-15-7-5-14(6-8-15)11-21-10-4-9-17-21/h4-10,12,19H,3,11H2,1-2H3. The number of nitrogens with one attached hydrogen (secondary N) is 1. The largest absolute Gasteiger partial charge is 0.280 e. The molecule has 2 aromatic heterocycles. The maximum Gasteiger partial charge on any atom is 0.265 e. The van der Waals surface area contributed by atoms with Crippen LogP contribution >= 0.6 is 0 Å². The molecule has 8 heteroatoms. The minimum atomic E-state index is -3.65. The summed E-state index contributed by atoms with van der Waals surface area (Å²) in [6, 6.07) is 9.11. The Kier molecular flexibility index (Phi) is 4.39. The first-order valence-electron chi connectivity index (χ1n) is 7.61. The summed E-state index contributed by atoms with van der Waals surface area (Å²) in [4.78, 5) is 0.199. The molecule has 2 heterocycles. The summed E-state index contributed by atoms with van der Waals surface area (Å²) in [6.07, 6.45) is 5.15. The van der Waals surface area contributed by atoms with Crippen molar-refractivity contribution in [2.45, 2.75) is 31.8 Å². The fraction of sp³-hybridized carbons (Fsp3) is 0.250. The first-order chi connectivity index (χ1) is 11.5. The van der Waals surface area contributed by atoms with Gasteiger partial charge in [-0.1, -0.05) is 12.1 Å². The minimum Gasteiger partial charge on any atom is -0.280 e. The molecule has 0 unspecified atom stereocenters. The Labute approximate surface area is 141 Å². The molecule has 1 N–H and O–H groups in total. The third kappa shape index (κ3) is 3.48. The zero-order valence-electron chi connectivity index (χ0n) is 13.5. The number of benzene rings is 1. The van der Waals surface area contributed by atoms with Gasteiger partial charge in [-0.3, -0.25) is 14.1 Å². The fourth-order valence-corrected chi connectivity index (χ4v) is 3.64. The van der Waals surface area contributed by atoms with E-state index in [0.717, 1.165) is 5.56 Å². The number of rotatable bonds is 6. The second-order valence-corrected chi connectivity index (χ2v) is 7.09. The van der Waals surface area contributed by atoms with Crippen LogP contribution in [0.1, 0.15) is 18.2 Å². The van der Waals surface area contributed by atoms with Crippen LogP contribution in [0.2, 0.25) is 0 Å². The van der Waals surface area contributed by atoms with Gasteiger partial charge in [-0.2, -0.15) is 10.2 Å². The summed E-state index contributed by atoms with van der Waals surface area (Å²) < 4.78 is 31.0. The summed E-state index contributed by atoms with van der Waals surface area (Å²) >= 11 is 0. The molecule has 0 amide bonds. The molecule has 1 aromatic carbocycles. The van der Waals surface area contributed by atoms with Crippen LogP contribution < -0.4 is 4.72 Å². The molecular weight excluding hydrogens is 326 g/mol. The van der Waals surface area contributed by atoms with Gasteiger partial charge in [0.05, 0.1) is 12.2 Å². The van der Waals surface area contributed by atoms with Crippen LogP contribution in [-0.4, -0.2) is 28.0 Å². The second kappa shape index (κ2) is 6.48. The molecule has 24 heavy (non-hydrogen) atoms. The lowest BCUT2D eigenvalue weighted by atomic mass is 10.2. The molecule has 7 nitrogen and oxygen atoms in total. The summed E-state index contributed by atoms with van der Waals surface area (Å²) in [7, 11) is -3.65. The van der Waals surface area contributed by atoms with E-state index in [4.69, 9.17) is 0 Å². The SMILES string of the molecule is CCn1cc(S(=O)(=O)Nc2ccc(Cn3cccn3)cc2)c(C)n1. The highest BCUT2D eigenvalue weighted by atomic mass is 32.2. The Bertz CT molecular complexity index is 912. The third-order valence-electron chi connectivity index (χ3n) is 3.62. The molecule has 0 saturated carbocycles. The Morgan fingerprint density at radius 1 is 1.17 bits per heavy atom. The normalized spacial score (nSPS) is 11.6. The first-order valence-corrected chi connectivity index (χ1v) is 9.09. The minimum absolute atomic E-state index is 0.199. The molecule has 0 aliphatic heterocycles. The summed E-state index contributed by atoms with van der Waals surface area (Å²) in [6.45, 7) is 4.86. The Balaban J connectivity index is 1.76. The number of hydrogen-bond donors (Lipinski definition) is 1. The van der Waals surface area contributed by atoms with Gasteiger partial charge >= 0.3 is 0 Å². The molecule has 0 bridgehead atoms. The van der Waals surface area contributed by atoms with Crippen molar-refractivity contribution < 1.29 is 8.42 Å². The van der Waals surface area contributed by atoms with E-state index >= 15 is 0 Å². The summed E-state index contributed by atoms with van der Waals surface area (Å²) in [5.41, 5.74) is 2.04. The highest BCUT2D eigenvalue weighted by molar-refractivity contribution is 7.92. The van der Waals surface area contributed by atoms with E-state index in [-0.39, 0.29) is 4.90 Å². The predicted molar refractivity (Wildman–Crippen MR) is 91.2 cm³/mol. The highest BCUT2D eigenvalue weighted by Gasteiger charge is 2.20. The van der Waals surface area contributed by atoms with E-state index in [0.29, 0.717) is 24.5 Å². The molecular formula is C16H19N5O2S. The first kappa shape index (κ1) is 16.3. The zero-order valence-corrected chi connectivity index (χ0v) is 14.4. The summed E-state index contributed by atoms with van der Waals surface area (Å²) in [5.74, 6) is 0. The molecule has 0 spiro atoms. The topological polar surface area (TPSA) is 81.8 Å². The van der Waals surface area contributed by atoms with Gasteiger partial charge in [0.1, 0.15) is 4.90 Å². The summed E-state index contributed by atoms with van der Waals surface area (Å²) in [5, 5.41) is 8.33. The number of anilines is 1. The fourth-order valence-electron chi connectivity index (χ4n) is 2.39. The van der Waals surface area contributed by atoms with Gasteiger partial charge < -0.3 is 0 Å². The average molecular weight is 345 g/mol. The Morgan fingerprint density at radius 3 is 2.50 bits per heavy atom. The quantitative estimate of drug-likeness (QED) is 0.743. The van der Waals surface area contributed by atoms with Crippen LogP contribution in [0.5, 0.6) is 0 Å². The zero-order chi connectivity index (χ0) is 17.2. The maximum atomic E-state index is 12.5. The van der Waals surface area contributed by atoms with Gasteiger partial charge in [-0.25, -0.2) is 8.42 Å². The average Bonchev–Trinajstić information content (AvgIpc) is 3.18. The van der Waals surface area contributed by atoms with Gasteiger partial charge in [0.25, 0.3) is 10.0 Å². The Hall–Kier alpha value is -2.61. The number of aryl methyl sites for hydroxylation is 2. The molecule has 3 rings (SSSR count). The lowest BCUT2D eigenvalue weighted by Gasteiger charge is -2.08. The van der Waals surface area contributed by atoms with E-state index in [9.17, 15) is 8.42 Å². The van der Waals surface area contributed by atoms with Crippen LogP contribution in [0.25, 0.3) is 0 Å². The van der Waals surface area contributed by atoms with Crippen LogP contribution in [0.3, 0.4) is 0 Å². The van der Waals surface area contributed by atoms with Crippen molar-refractivity contribution in [2.24, 2.45) is 0 Å². The van der Waals surface area contributed by atoms with Crippen LogP contribution in [0.15, 0.2) is 53.8 Å². The van der Waals surface area contributed by atoms with Gasteiger partial charge in [0.2, 0.25) is 0 Å². The van der Waals surface area contributed by atoms with Gasteiger partial charge in [0, 0.05) is 30.8 Å². The van der Waals surface area contributed by atoms with Crippen LogP contribution in [-0.2, 0) is 23.1 Å². The molecule has 0 radical (unpaired) electrons.